The molecule has 1 unspecified atom stereocenters. The first-order valence-corrected chi connectivity index (χ1v) is 12.2. The predicted molar refractivity (Wildman–Crippen MR) is 133 cm³/mol. The van der Waals surface area contributed by atoms with E-state index in [0.717, 1.165) is 56.7 Å². The van der Waals surface area contributed by atoms with Gasteiger partial charge in [-0.25, -0.2) is 19.7 Å². The second-order valence-corrected chi connectivity index (χ2v) is 8.83. The van der Waals surface area contributed by atoms with Gasteiger partial charge in [-0.2, -0.15) is 5.26 Å². The van der Waals surface area contributed by atoms with Crippen LogP contribution in [0.1, 0.15) is 49.6 Å². The number of aryl methyl sites for hydroxylation is 2. The van der Waals surface area contributed by atoms with Gasteiger partial charge >= 0.3 is 5.97 Å². The van der Waals surface area contributed by atoms with Crippen LogP contribution in [0.15, 0.2) is 24.5 Å². The van der Waals surface area contributed by atoms with Crippen molar-refractivity contribution in [3.05, 3.63) is 41.5 Å². The maximum Gasteiger partial charge on any atom is 0.326 e. The van der Waals surface area contributed by atoms with Crippen LogP contribution in [0.25, 0.3) is 0 Å². The topological polar surface area (TPSA) is 136 Å². The third-order valence-electron chi connectivity index (χ3n) is 6.17. The minimum atomic E-state index is -0.994. The highest BCUT2D eigenvalue weighted by Gasteiger charge is 2.21. The molecule has 2 aromatic rings. The van der Waals surface area contributed by atoms with E-state index in [1.807, 2.05) is 13.0 Å². The van der Waals surface area contributed by atoms with Gasteiger partial charge in [0, 0.05) is 44.8 Å². The second kappa shape index (κ2) is 13.6. The predicted octanol–water partition coefficient (Wildman–Crippen LogP) is 2.72. The lowest BCUT2D eigenvalue weighted by Crippen LogP contribution is -2.38. The molecule has 0 spiro atoms. The fraction of sp³-hybridized carbons (Fsp3) is 0.560. The Labute approximate surface area is 206 Å². The molecule has 10 nitrogen and oxygen atoms in total. The molecule has 3 heterocycles. The van der Waals surface area contributed by atoms with Gasteiger partial charge in [-0.3, -0.25) is 0 Å². The number of aromatic nitrogens is 3. The van der Waals surface area contributed by atoms with Crippen molar-refractivity contribution < 1.29 is 14.6 Å². The number of ether oxygens (including phenoxy) is 1. The number of nitrogens with one attached hydrogen (secondary N) is 2. The molecule has 0 saturated carbocycles. The third kappa shape index (κ3) is 8.16. The van der Waals surface area contributed by atoms with Crippen molar-refractivity contribution in [2.75, 3.05) is 43.9 Å². The zero-order valence-corrected chi connectivity index (χ0v) is 20.5. The highest BCUT2D eigenvalue weighted by Crippen LogP contribution is 2.20. The van der Waals surface area contributed by atoms with Gasteiger partial charge in [0.2, 0.25) is 0 Å². The average molecular weight is 482 g/mol. The van der Waals surface area contributed by atoms with E-state index in [0.29, 0.717) is 19.5 Å². The van der Waals surface area contributed by atoms with Crippen LogP contribution >= 0.6 is 0 Å². The number of carbonyl (C=O) groups is 1. The van der Waals surface area contributed by atoms with Crippen LogP contribution in [0.2, 0.25) is 0 Å². The van der Waals surface area contributed by atoms with Gasteiger partial charge in [-0.1, -0.05) is 6.07 Å². The minimum Gasteiger partial charge on any atom is -0.480 e. The second-order valence-electron chi connectivity index (χ2n) is 8.83. The molecule has 0 radical (unpaired) electrons. The molecule has 2 atom stereocenters. The van der Waals surface area contributed by atoms with E-state index in [2.05, 4.69) is 37.6 Å². The lowest BCUT2D eigenvalue weighted by Gasteiger charge is -2.26. The summed E-state index contributed by atoms with van der Waals surface area (Å²) in [5.41, 5.74) is 2.47. The van der Waals surface area contributed by atoms with Crippen LogP contribution in [0.5, 0.6) is 0 Å². The molecule has 35 heavy (non-hydrogen) atoms. The number of aliphatic carboxylic acids is 1. The molecule has 2 aromatic heterocycles. The van der Waals surface area contributed by atoms with Gasteiger partial charge in [0.1, 0.15) is 17.9 Å². The number of nitrogens with zero attached hydrogens (tertiary/aromatic N) is 5. The van der Waals surface area contributed by atoms with Crippen LogP contribution in [-0.2, 0) is 22.4 Å². The van der Waals surface area contributed by atoms with E-state index in [1.54, 1.807) is 7.11 Å². The molecule has 3 N–H and O–H groups in total. The van der Waals surface area contributed by atoms with Crippen molar-refractivity contribution in [3.63, 3.8) is 0 Å². The Balaban J connectivity index is 1.52. The first-order valence-electron chi connectivity index (χ1n) is 12.2. The monoisotopic (exact) mass is 481 g/mol. The molecule has 0 saturated heterocycles. The van der Waals surface area contributed by atoms with Crippen LogP contribution in [0.3, 0.4) is 0 Å². The SMILES string of the molecule is CO[C@H](C)CN(CCCCc1ccc2c(n1)NCCC2)CCC(Nc1nccnc1C#N)C(=O)O. The van der Waals surface area contributed by atoms with E-state index in [-0.39, 0.29) is 17.6 Å². The smallest absolute Gasteiger partial charge is 0.326 e. The number of unbranched alkanes of at least 4 members (excludes halogenated alkanes) is 1. The summed E-state index contributed by atoms with van der Waals surface area (Å²) in [6.07, 6.45) is 8.34. The van der Waals surface area contributed by atoms with Crippen LogP contribution in [-0.4, -0.2) is 76.4 Å². The lowest BCUT2D eigenvalue weighted by molar-refractivity contribution is -0.138. The Hall–Kier alpha value is -3.29. The summed E-state index contributed by atoms with van der Waals surface area (Å²) in [7, 11) is 1.68. The summed E-state index contributed by atoms with van der Waals surface area (Å²) in [5, 5.41) is 25.2. The highest BCUT2D eigenvalue weighted by molar-refractivity contribution is 5.77. The average Bonchev–Trinajstić information content (AvgIpc) is 2.88. The van der Waals surface area contributed by atoms with Gasteiger partial charge in [-0.15, -0.1) is 0 Å². The fourth-order valence-corrected chi connectivity index (χ4v) is 4.14. The molecule has 10 heteroatoms. The molecule has 1 aliphatic heterocycles. The highest BCUT2D eigenvalue weighted by atomic mass is 16.5. The quantitative estimate of drug-likeness (QED) is 0.345. The zero-order valence-electron chi connectivity index (χ0n) is 20.5. The lowest BCUT2D eigenvalue weighted by atomic mass is 10.1. The first kappa shape index (κ1) is 26.3. The van der Waals surface area contributed by atoms with Crippen LogP contribution in [0.4, 0.5) is 11.6 Å². The number of hydrogen-bond donors (Lipinski definition) is 3. The summed E-state index contributed by atoms with van der Waals surface area (Å²) in [5.74, 6) is 0.219. The Bertz CT molecular complexity index is 1010. The van der Waals surface area contributed by atoms with Gasteiger partial charge in [0.15, 0.2) is 11.5 Å². The van der Waals surface area contributed by atoms with Crippen molar-refractivity contribution >= 4 is 17.6 Å². The fourth-order valence-electron chi connectivity index (χ4n) is 4.14. The summed E-state index contributed by atoms with van der Waals surface area (Å²) >= 11 is 0. The molecule has 3 rings (SSSR count). The van der Waals surface area contributed by atoms with Crippen molar-refractivity contribution in [3.8, 4) is 6.07 Å². The number of methoxy groups -OCH3 is 1. The van der Waals surface area contributed by atoms with Gasteiger partial charge in [0.05, 0.1) is 6.10 Å². The van der Waals surface area contributed by atoms with E-state index in [4.69, 9.17) is 9.72 Å². The summed E-state index contributed by atoms with van der Waals surface area (Å²) in [6.45, 7) is 5.09. The van der Waals surface area contributed by atoms with Crippen molar-refractivity contribution in [2.45, 2.75) is 57.6 Å². The molecule has 0 fully saturated rings. The number of carboxylic acids is 1. The Morgan fingerprint density at radius 2 is 2.14 bits per heavy atom. The van der Waals surface area contributed by atoms with Crippen molar-refractivity contribution in [1.29, 1.82) is 5.26 Å². The Morgan fingerprint density at radius 3 is 2.91 bits per heavy atom. The summed E-state index contributed by atoms with van der Waals surface area (Å²) in [4.78, 5) is 26.9. The molecule has 188 valence electrons. The number of hydrogen-bond acceptors (Lipinski definition) is 9. The molecular weight excluding hydrogens is 446 g/mol. The van der Waals surface area contributed by atoms with Crippen LogP contribution < -0.4 is 10.6 Å². The third-order valence-corrected chi connectivity index (χ3v) is 6.17. The first-order chi connectivity index (χ1) is 17.0. The van der Waals surface area contributed by atoms with E-state index >= 15 is 0 Å². The van der Waals surface area contributed by atoms with Gasteiger partial charge in [-0.05, 0) is 63.6 Å². The number of pyridine rings is 1. The van der Waals surface area contributed by atoms with Crippen molar-refractivity contribution in [1.82, 2.24) is 19.9 Å². The van der Waals surface area contributed by atoms with E-state index in [1.165, 1.54) is 18.0 Å². The molecular formula is C25H35N7O3. The number of fused-ring (bicyclic) bond motifs is 1. The normalized spacial score (nSPS) is 14.5. The molecule has 0 aliphatic carbocycles. The molecule has 0 amide bonds. The van der Waals surface area contributed by atoms with Crippen LogP contribution in [0, 0.1) is 11.3 Å². The largest absolute Gasteiger partial charge is 0.480 e. The number of nitriles is 1. The molecule has 1 aliphatic rings. The zero-order chi connectivity index (χ0) is 25.0. The molecule has 0 bridgehead atoms. The summed E-state index contributed by atoms with van der Waals surface area (Å²) in [6, 6.07) is 5.37. The Kier molecular flexibility index (Phi) is 10.2. The van der Waals surface area contributed by atoms with E-state index in [9.17, 15) is 15.2 Å². The van der Waals surface area contributed by atoms with E-state index < -0.39 is 12.0 Å². The Morgan fingerprint density at radius 1 is 1.31 bits per heavy atom. The maximum atomic E-state index is 11.9. The standard InChI is InChI=1S/C25H35N7O3/c1-18(35-2)17-32(14-4-3-7-20-9-8-19-6-5-11-28-23(19)30-20)15-10-21(25(33)34)31-24-22(16-26)27-12-13-29-24/h8-9,12-13,18,21H,3-7,10-11,14-15,17H2,1-2H3,(H,28,30)(H,29,31)(H,33,34)/t18-,21?/m1/s1. The number of carboxylic acid groups (broad SMARTS) is 1. The van der Waals surface area contributed by atoms with Gasteiger partial charge < -0.3 is 25.4 Å². The maximum absolute atomic E-state index is 11.9. The summed E-state index contributed by atoms with van der Waals surface area (Å²) < 4.78 is 5.44. The minimum absolute atomic E-state index is 0.0322. The van der Waals surface area contributed by atoms with Gasteiger partial charge in [0.25, 0.3) is 0 Å². The van der Waals surface area contributed by atoms with Crippen molar-refractivity contribution in [2.24, 2.45) is 0 Å². The number of anilines is 2. The molecule has 0 aromatic carbocycles. The number of rotatable bonds is 14.